The molecule has 16 heavy (non-hydrogen) atoms. The van der Waals surface area contributed by atoms with Crippen LogP contribution >= 0.6 is 11.6 Å². The van der Waals surface area contributed by atoms with Crippen molar-refractivity contribution in [2.24, 2.45) is 5.92 Å². The van der Waals surface area contributed by atoms with Crippen LogP contribution < -0.4 is 5.32 Å². The fourth-order valence-corrected chi connectivity index (χ4v) is 1.98. The summed E-state index contributed by atoms with van der Waals surface area (Å²) < 4.78 is 0. The average Bonchev–Trinajstić information content (AvgIpc) is 2.24. The number of anilines is 1. The maximum absolute atomic E-state index is 9.14. The van der Waals surface area contributed by atoms with E-state index in [9.17, 15) is 0 Å². The number of hydrogen-bond donors (Lipinski definition) is 2. The number of aliphatic hydroxyl groups is 1. The Kier molecular flexibility index (Phi) is 3.28. The van der Waals surface area contributed by atoms with Crippen molar-refractivity contribution in [3.05, 3.63) is 22.8 Å². The van der Waals surface area contributed by atoms with E-state index in [0.717, 1.165) is 19.4 Å². The summed E-state index contributed by atoms with van der Waals surface area (Å²) in [5, 5.41) is 21.4. The van der Waals surface area contributed by atoms with Crippen LogP contribution in [0.1, 0.15) is 18.4 Å². The molecule has 0 aromatic carbocycles. The second kappa shape index (κ2) is 4.69. The van der Waals surface area contributed by atoms with Crippen molar-refractivity contribution in [3.8, 4) is 6.07 Å². The molecule has 0 radical (unpaired) electrons. The van der Waals surface area contributed by atoms with Crippen LogP contribution in [-0.2, 0) is 0 Å². The maximum Gasteiger partial charge on any atom is 0.146 e. The predicted molar refractivity (Wildman–Crippen MR) is 61.2 cm³/mol. The van der Waals surface area contributed by atoms with E-state index in [1.54, 1.807) is 12.3 Å². The zero-order valence-corrected chi connectivity index (χ0v) is 9.41. The first kappa shape index (κ1) is 11.2. The molecule has 0 saturated heterocycles. The number of halogens is 1. The monoisotopic (exact) mass is 237 g/mol. The number of pyridine rings is 1. The molecular formula is C11H12ClN3O. The van der Waals surface area contributed by atoms with Gasteiger partial charge in [0.2, 0.25) is 0 Å². The van der Waals surface area contributed by atoms with Gasteiger partial charge in [0.15, 0.2) is 0 Å². The van der Waals surface area contributed by atoms with Gasteiger partial charge in [-0.15, -0.1) is 0 Å². The van der Waals surface area contributed by atoms with E-state index in [-0.39, 0.29) is 6.10 Å². The zero-order valence-electron chi connectivity index (χ0n) is 8.65. The summed E-state index contributed by atoms with van der Waals surface area (Å²) in [4.78, 5) is 4.08. The second-order valence-corrected chi connectivity index (χ2v) is 4.38. The van der Waals surface area contributed by atoms with Crippen LogP contribution in [0.4, 0.5) is 5.82 Å². The normalized spacial score (nSPS) is 23.3. The first-order valence-corrected chi connectivity index (χ1v) is 5.55. The van der Waals surface area contributed by atoms with Crippen LogP contribution in [0.3, 0.4) is 0 Å². The highest BCUT2D eigenvalue weighted by Gasteiger charge is 2.26. The van der Waals surface area contributed by atoms with Crippen LogP contribution in [0.25, 0.3) is 0 Å². The molecule has 0 atom stereocenters. The van der Waals surface area contributed by atoms with Crippen LogP contribution in [0, 0.1) is 17.2 Å². The molecule has 1 saturated carbocycles. The molecule has 84 valence electrons. The molecule has 1 aromatic heterocycles. The molecular weight excluding hydrogens is 226 g/mol. The maximum atomic E-state index is 9.14. The van der Waals surface area contributed by atoms with E-state index in [4.69, 9.17) is 22.0 Å². The zero-order chi connectivity index (χ0) is 11.5. The molecule has 1 fully saturated rings. The van der Waals surface area contributed by atoms with Gasteiger partial charge in [-0.25, -0.2) is 4.98 Å². The Morgan fingerprint density at radius 1 is 1.62 bits per heavy atom. The van der Waals surface area contributed by atoms with Gasteiger partial charge >= 0.3 is 0 Å². The minimum absolute atomic E-state index is 0.152. The smallest absolute Gasteiger partial charge is 0.146 e. The van der Waals surface area contributed by atoms with Gasteiger partial charge in [-0.2, -0.15) is 5.26 Å². The summed E-state index contributed by atoms with van der Waals surface area (Å²) in [5.41, 5.74) is 0.424. The minimum Gasteiger partial charge on any atom is -0.393 e. The molecule has 0 bridgehead atoms. The van der Waals surface area contributed by atoms with Crippen molar-refractivity contribution in [2.45, 2.75) is 18.9 Å². The lowest BCUT2D eigenvalue weighted by atomic mass is 9.82. The van der Waals surface area contributed by atoms with Gasteiger partial charge in [0.05, 0.1) is 11.7 Å². The van der Waals surface area contributed by atoms with E-state index in [2.05, 4.69) is 10.3 Å². The highest BCUT2D eigenvalue weighted by Crippen LogP contribution is 2.28. The van der Waals surface area contributed by atoms with E-state index >= 15 is 0 Å². The van der Waals surface area contributed by atoms with Crippen LogP contribution in [0.5, 0.6) is 0 Å². The van der Waals surface area contributed by atoms with Gasteiger partial charge in [0, 0.05) is 12.7 Å². The molecule has 5 heteroatoms. The van der Waals surface area contributed by atoms with Crippen molar-refractivity contribution in [2.75, 3.05) is 11.9 Å². The first-order valence-electron chi connectivity index (χ1n) is 5.17. The van der Waals surface area contributed by atoms with Crippen molar-refractivity contribution >= 4 is 17.4 Å². The third-order valence-electron chi connectivity index (χ3n) is 2.78. The summed E-state index contributed by atoms with van der Waals surface area (Å²) >= 11 is 5.99. The summed E-state index contributed by atoms with van der Waals surface area (Å²) in [7, 11) is 0. The van der Waals surface area contributed by atoms with E-state index in [0.29, 0.717) is 22.3 Å². The lowest BCUT2D eigenvalue weighted by molar-refractivity contribution is 0.0486. The Balaban J connectivity index is 1.97. The Bertz CT molecular complexity index is 424. The summed E-state index contributed by atoms with van der Waals surface area (Å²) in [5.74, 6) is 1.01. The SMILES string of the molecule is N#Cc1ccnc(NCC2CC(O)C2)c1Cl. The molecule has 1 aliphatic rings. The Morgan fingerprint density at radius 3 is 3.00 bits per heavy atom. The molecule has 4 nitrogen and oxygen atoms in total. The van der Waals surface area contributed by atoms with Gasteiger partial charge < -0.3 is 10.4 Å². The molecule has 0 aliphatic heterocycles. The Labute approximate surface area is 98.9 Å². The molecule has 0 unspecified atom stereocenters. The molecule has 2 rings (SSSR count). The molecule has 1 aromatic rings. The van der Waals surface area contributed by atoms with Crippen molar-refractivity contribution in [3.63, 3.8) is 0 Å². The highest BCUT2D eigenvalue weighted by atomic mass is 35.5. The van der Waals surface area contributed by atoms with Gasteiger partial charge in [0.25, 0.3) is 0 Å². The van der Waals surface area contributed by atoms with E-state index in [1.807, 2.05) is 6.07 Å². The molecule has 1 heterocycles. The molecule has 1 aliphatic carbocycles. The van der Waals surface area contributed by atoms with E-state index < -0.39 is 0 Å². The number of hydrogen-bond acceptors (Lipinski definition) is 4. The first-order chi connectivity index (χ1) is 7.70. The fraction of sp³-hybridized carbons (Fsp3) is 0.455. The minimum atomic E-state index is -0.152. The number of nitrogens with zero attached hydrogens (tertiary/aromatic N) is 2. The quantitative estimate of drug-likeness (QED) is 0.841. The van der Waals surface area contributed by atoms with Gasteiger partial charge in [-0.1, -0.05) is 11.6 Å². The van der Waals surface area contributed by atoms with Crippen LogP contribution in [-0.4, -0.2) is 22.7 Å². The van der Waals surface area contributed by atoms with Crippen molar-refractivity contribution in [1.82, 2.24) is 4.98 Å². The third kappa shape index (κ3) is 2.26. The van der Waals surface area contributed by atoms with Crippen molar-refractivity contribution < 1.29 is 5.11 Å². The van der Waals surface area contributed by atoms with Gasteiger partial charge in [0.1, 0.15) is 16.9 Å². The third-order valence-corrected chi connectivity index (χ3v) is 3.16. The highest BCUT2D eigenvalue weighted by molar-refractivity contribution is 6.34. The summed E-state index contributed by atoms with van der Waals surface area (Å²) in [6.07, 6.45) is 3.05. The molecule has 2 N–H and O–H groups in total. The number of nitrogens with one attached hydrogen (secondary N) is 1. The molecule has 0 amide bonds. The average molecular weight is 238 g/mol. The number of aliphatic hydroxyl groups excluding tert-OH is 1. The van der Waals surface area contributed by atoms with Crippen LogP contribution in [0.15, 0.2) is 12.3 Å². The molecule has 0 spiro atoms. The lowest BCUT2D eigenvalue weighted by Crippen LogP contribution is -2.33. The second-order valence-electron chi connectivity index (χ2n) is 4.01. The van der Waals surface area contributed by atoms with E-state index in [1.165, 1.54) is 0 Å². The number of nitriles is 1. The summed E-state index contributed by atoms with van der Waals surface area (Å²) in [6.45, 7) is 0.735. The lowest BCUT2D eigenvalue weighted by Gasteiger charge is -2.31. The number of aromatic nitrogens is 1. The largest absolute Gasteiger partial charge is 0.393 e. The standard InChI is InChI=1S/C11H12ClN3O/c12-10-8(5-13)1-2-14-11(10)15-6-7-3-9(16)4-7/h1-2,7,9,16H,3-4,6H2,(H,14,15). The van der Waals surface area contributed by atoms with Crippen LogP contribution in [0.2, 0.25) is 5.02 Å². The fourth-order valence-electron chi connectivity index (χ4n) is 1.76. The van der Waals surface area contributed by atoms with Gasteiger partial charge in [-0.05, 0) is 24.8 Å². The van der Waals surface area contributed by atoms with Crippen molar-refractivity contribution in [1.29, 1.82) is 5.26 Å². The van der Waals surface area contributed by atoms with Gasteiger partial charge in [-0.3, -0.25) is 0 Å². The number of rotatable bonds is 3. The summed E-state index contributed by atoms with van der Waals surface area (Å²) in [6, 6.07) is 3.59. The Hall–Kier alpha value is -1.31. The topological polar surface area (TPSA) is 68.9 Å². The predicted octanol–water partition coefficient (Wildman–Crippen LogP) is 1.79. The Morgan fingerprint density at radius 2 is 2.38 bits per heavy atom.